The second-order valence-electron chi connectivity index (χ2n) is 5.06. The summed E-state index contributed by atoms with van der Waals surface area (Å²) < 4.78 is 0. The lowest BCUT2D eigenvalue weighted by Gasteiger charge is -2.03. The van der Waals surface area contributed by atoms with Gasteiger partial charge in [-0.1, -0.05) is 29.8 Å². The molecule has 1 aromatic heterocycles. The molecule has 0 atom stereocenters. The Labute approximate surface area is 142 Å². The third-order valence-electron chi connectivity index (χ3n) is 3.35. The molecule has 0 spiro atoms. The molecule has 0 aliphatic rings. The van der Waals surface area contributed by atoms with Gasteiger partial charge in [-0.3, -0.25) is 14.9 Å². The zero-order valence-corrected chi connectivity index (χ0v) is 13.2. The van der Waals surface area contributed by atoms with E-state index in [1.807, 2.05) is 6.07 Å². The zero-order chi connectivity index (χ0) is 17.1. The van der Waals surface area contributed by atoms with Gasteiger partial charge < -0.3 is 10.7 Å². The molecule has 0 fully saturated rings. The van der Waals surface area contributed by atoms with Crippen molar-refractivity contribution >= 4 is 29.4 Å². The van der Waals surface area contributed by atoms with Crippen molar-refractivity contribution in [2.45, 2.75) is 0 Å². The molecule has 2 amide bonds. The van der Waals surface area contributed by atoms with Crippen LogP contribution in [0, 0.1) is 0 Å². The number of benzene rings is 2. The molecule has 0 bridgehead atoms. The molecule has 0 aliphatic heterocycles. The van der Waals surface area contributed by atoms with Crippen LogP contribution in [0.25, 0.3) is 11.3 Å². The number of imidazole rings is 1. The number of amides is 2. The summed E-state index contributed by atoms with van der Waals surface area (Å²) in [5.41, 5.74) is 7.49. The van der Waals surface area contributed by atoms with Gasteiger partial charge in [0.1, 0.15) is 0 Å². The molecule has 120 valence electrons. The molecule has 3 aromatic rings. The van der Waals surface area contributed by atoms with Gasteiger partial charge in [0.15, 0.2) is 0 Å². The second-order valence-corrected chi connectivity index (χ2v) is 5.49. The summed E-state index contributed by atoms with van der Waals surface area (Å²) in [6.45, 7) is 0. The fourth-order valence-corrected chi connectivity index (χ4v) is 2.37. The number of hydrogen-bond acceptors (Lipinski definition) is 3. The fourth-order valence-electron chi connectivity index (χ4n) is 2.18. The van der Waals surface area contributed by atoms with E-state index < -0.39 is 5.91 Å². The van der Waals surface area contributed by atoms with Crippen LogP contribution in [0.5, 0.6) is 0 Å². The van der Waals surface area contributed by atoms with Gasteiger partial charge >= 0.3 is 0 Å². The average molecular weight is 341 g/mol. The maximum absolute atomic E-state index is 12.2. The van der Waals surface area contributed by atoms with Gasteiger partial charge in [-0.15, -0.1) is 0 Å². The number of aromatic amines is 1. The van der Waals surface area contributed by atoms with E-state index >= 15 is 0 Å². The van der Waals surface area contributed by atoms with Crippen LogP contribution >= 0.6 is 11.6 Å². The van der Waals surface area contributed by atoms with E-state index in [2.05, 4.69) is 15.3 Å². The van der Waals surface area contributed by atoms with Crippen molar-refractivity contribution in [1.82, 2.24) is 9.97 Å². The maximum atomic E-state index is 12.2. The van der Waals surface area contributed by atoms with Gasteiger partial charge in [0.2, 0.25) is 11.9 Å². The molecule has 0 saturated carbocycles. The first-order valence-corrected chi connectivity index (χ1v) is 7.43. The van der Waals surface area contributed by atoms with Gasteiger partial charge in [0.05, 0.1) is 11.9 Å². The summed E-state index contributed by atoms with van der Waals surface area (Å²) >= 11 is 5.88. The molecular formula is C17H13ClN4O2. The van der Waals surface area contributed by atoms with Gasteiger partial charge in [-0.05, 0) is 30.3 Å². The maximum Gasteiger partial charge on any atom is 0.258 e. The van der Waals surface area contributed by atoms with Crippen molar-refractivity contribution in [3.63, 3.8) is 0 Å². The van der Waals surface area contributed by atoms with Crippen LogP contribution in [-0.4, -0.2) is 21.8 Å². The Balaban J connectivity index is 1.80. The van der Waals surface area contributed by atoms with Crippen molar-refractivity contribution in [3.05, 3.63) is 70.9 Å². The number of nitrogens with zero attached hydrogens (tertiary/aromatic N) is 1. The quantitative estimate of drug-likeness (QED) is 0.680. The first-order chi connectivity index (χ1) is 11.5. The Morgan fingerprint density at radius 1 is 1.08 bits per heavy atom. The van der Waals surface area contributed by atoms with Crippen molar-refractivity contribution < 1.29 is 9.59 Å². The highest BCUT2D eigenvalue weighted by Gasteiger charge is 2.10. The highest BCUT2D eigenvalue weighted by Crippen LogP contribution is 2.20. The minimum absolute atomic E-state index is 0.291. The number of hydrogen-bond donors (Lipinski definition) is 3. The van der Waals surface area contributed by atoms with Crippen LogP contribution in [0.4, 0.5) is 5.95 Å². The Bertz CT molecular complexity index is 920. The molecule has 1 heterocycles. The van der Waals surface area contributed by atoms with E-state index in [0.717, 1.165) is 5.56 Å². The lowest BCUT2D eigenvalue weighted by atomic mass is 10.1. The smallest absolute Gasteiger partial charge is 0.258 e. The van der Waals surface area contributed by atoms with E-state index in [0.29, 0.717) is 27.8 Å². The average Bonchev–Trinajstić information content (AvgIpc) is 3.03. The minimum atomic E-state index is -0.508. The SMILES string of the molecule is NC(=O)c1cccc(-c2cnc(NC(=O)c3cccc(Cl)c3)[nH]2)c1. The van der Waals surface area contributed by atoms with Crippen LogP contribution in [-0.2, 0) is 0 Å². The van der Waals surface area contributed by atoms with Crippen molar-refractivity contribution in [3.8, 4) is 11.3 Å². The number of primary amides is 1. The zero-order valence-electron chi connectivity index (χ0n) is 12.4. The van der Waals surface area contributed by atoms with E-state index in [-0.39, 0.29) is 5.91 Å². The number of carbonyl (C=O) groups excluding carboxylic acids is 2. The number of nitrogens with one attached hydrogen (secondary N) is 2. The van der Waals surface area contributed by atoms with Crippen LogP contribution in [0.1, 0.15) is 20.7 Å². The first kappa shape index (κ1) is 15.8. The normalized spacial score (nSPS) is 10.4. The van der Waals surface area contributed by atoms with E-state index in [1.165, 1.54) is 0 Å². The summed E-state index contributed by atoms with van der Waals surface area (Å²) in [5, 5.41) is 3.13. The number of nitrogens with two attached hydrogens (primary N) is 1. The second kappa shape index (κ2) is 6.55. The topological polar surface area (TPSA) is 101 Å². The monoisotopic (exact) mass is 340 g/mol. The number of halogens is 1. The molecule has 24 heavy (non-hydrogen) atoms. The largest absolute Gasteiger partial charge is 0.366 e. The Hall–Kier alpha value is -3.12. The molecule has 4 N–H and O–H groups in total. The summed E-state index contributed by atoms with van der Waals surface area (Å²) in [5.74, 6) is -0.547. The summed E-state index contributed by atoms with van der Waals surface area (Å²) in [4.78, 5) is 30.5. The van der Waals surface area contributed by atoms with Crippen LogP contribution < -0.4 is 11.1 Å². The number of anilines is 1. The Kier molecular flexibility index (Phi) is 4.31. The molecule has 0 aliphatic carbocycles. The van der Waals surface area contributed by atoms with E-state index in [9.17, 15) is 9.59 Å². The van der Waals surface area contributed by atoms with Crippen LogP contribution in [0.15, 0.2) is 54.7 Å². The van der Waals surface area contributed by atoms with Crippen molar-refractivity contribution in [2.24, 2.45) is 5.73 Å². The predicted molar refractivity (Wildman–Crippen MR) is 91.9 cm³/mol. The summed E-state index contributed by atoms with van der Waals surface area (Å²) in [6, 6.07) is 13.4. The molecule has 2 aromatic carbocycles. The molecule has 7 heteroatoms. The number of carbonyl (C=O) groups is 2. The molecular weight excluding hydrogens is 328 g/mol. The third-order valence-corrected chi connectivity index (χ3v) is 3.59. The molecule has 0 unspecified atom stereocenters. The standard InChI is InChI=1S/C17H13ClN4O2/c18-13-6-2-5-12(8-13)16(24)22-17-20-9-14(21-17)10-3-1-4-11(7-10)15(19)23/h1-9H,(H2,19,23)(H2,20,21,22,24). The molecule has 0 saturated heterocycles. The van der Waals surface area contributed by atoms with Gasteiger partial charge in [0.25, 0.3) is 5.91 Å². The highest BCUT2D eigenvalue weighted by atomic mass is 35.5. The van der Waals surface area contributed by atoms with Crippen molar-refractivity contribution in [2.75, 3.05) is 5.32 Å². The lowest BCUT2D eigenvalue weighted by molar-refractivity contribution is 0.0997. The third kappa shape index (κ3) is 3.44. The fraction of sp³-hybridized carbons (Fsp3) is 0. The van der Waals surface area contributed by atoms with Gasteiger partial charge in [-0.2, -0.15) is 0 Å². The highest BCUT2D eigenvalue weighted by molar-refractivity contribution is 6.31. The number of aromatic nitrogens is 2. The Morgan fingerprint density at radius 3 is 2.58 bits per heavy atom. The van der Waals surface area contributed by atoms with Crippen LogP contribution in [0.3, 0.4) is 0 Å². The predicted octanol–water partition coefficient (Wildman–Crippen LogP) is 3.08. The van der Waals surface area contributed by atoms with E-state index in [4.69, 9.17) is 17.3 Å². The lowest BCUT2D eigenvalue weighted by Crippen LogP contribution is -2.12. The first-order valence-electron chi connectivity index (χ1n) is 7.05. The molecule has 6 nitrogen and oxygen atoms in total. The van der Waals surface area contributed by atoms with Crippen molar-refractivity contribution in [1.29, 1.82) is 0 Å². The number of rotatable bonds is 4. The summed E-state index contributed by atoms with van der Waals surface area (Å²) in [6.07, 6.45) is 1.56. The van der Waals surface area contributed by atoms with E-state index in [1.54, 1.807) is 48.7 Å². The Morgan fingerprint density at radius 2 is 1.83 bits per heavy atom. The molecule has 3 rings (SSSR count). The van der Waals surface area contributed by atoms with Gasteiger partial charge in [-0.25, -0.2) is 4.98 Å². The number of H-pyrrole nitrogens is 1. The van der Waals surface area contributed by atoms with Crippen LogP contribution in [0.2, 0.25) is 5.02 Å². The molecule has 0 radical (unpaired) electrons. The minimum Gasteiger partial charge on any atom is -0.366 e. The van der Waals surface area contributed by atoms with Gasteiger partial charge in [0, 0.05) is 21.7 Å². The summed E-state index contributed by atoms with van der Waals surface area (Å²) in [7, 11) is 0.